The van der Waals surface area contributed by atoms with Crippen LogP contribution in [0.5, 0.6) is 0 Å². The van der Waals surface area contributed by atoms with Gasteiger partial charge >= 0.3 is 11.9 Å². The summed E-state index contributed by atoms with van der Waals surface area (Å²) in [6.07, 6.45) is 2.94. The maximum absolute atomic E-state index is 14.1. The van der Waals surface area contributed by atoms with Gasteiger partial charge in [-0.25, -0.2) is 0 Å². The Morgan fingerprint density at radius 2 is 1.56 bits per heavy atom. The van der Waals surface area contributed by atoms with Gasteiger partial charge in [0.1, 0.15) is 5.60 Å². The zero-order chi connectivity index (χ0) is 29.2. The van der Waals surface area contributed by atoms with Crippen LogP contribution in [0.1, 0.15) is 39.0 Å². The molecular formula is C29H50O7Si3. The minimum Gasteiger partial charge on any atom is -0.469 e. The van der Waals surface area contributed by atoms with Crippen molar-refractivity contribution in [1.82, 2.24) is 0 Å². The minimum atomic E-state index is -2.07. The quantitative estimate of drug-likeness (QED) is 0.207. The molecule has 1 aliphatic heterocycles. The highest BCUT2D eigenvalue weighted by molar-refractivity contribution is 6.70. The lowest BCUT2D eigenvalue weighted by Crippen LogP contribution is -2.64. The van der Waals surface area contributed by atoms with Crippen molar-refractivity contribution in [2.24, 2.45) is 28.6 Å². The fourth-order valence-corrected chi connectivity index (χ4v) is 13.4. The minimum absolute atomic E-state index is 0.0309. The maximum atomic E-state index is 14.1. The third-order valence-electron chi connectivity index (χ3n) is 10.2. The summed E-state index contributed by atoms with van der Waals surface area (Å²) in [7, 11) is -4.58. The molecule has 4 bridgehead atoms. The highest BCUT2D eigenvalue weighted by Gasteiger charge is 2.87. The first kappa shape index (κ1) is 29.7. The molecule has 5 aliphatic rings. The summed E-state index contributed by atoms with van der Waals surface area (Å²) < 4.78 is 33.1. The first-order chi connectivity index (χ1) is 17.7. The number of carbonyl (C=O) groups excluding carboxylic acids is 2. The van der Waals surface area contributed by atoms with Crippen molar-refractivity contribution in [3.05, 3.63) is 12.2 Å². The number of hydrogen-bond donors (Lipinski definition) is 0. The van der Waals surface area contributed by atoms with Crippen LogP contribution < -0.4 is 0 Å². The SMILES string of the molecule is C=C1C[C@]23C[C@@]1(O[Si](C)(C)C)CCC2[C@@]12OC(=O)C(C)(C1[C@@H]3C(=O)OC)[C@@H](O[Si](C)(C)C)C[C@@H]2O[Si](C)(C)C. The van der Waals surface area contributed by atoms with Crippen LogP contribution in [0, 0.1) is 28.6 Å². The van der Waals surface area contributed by atoms with Crippen LogP contribution in [0.4, 0.5) is 0 Å². The van der Waals surface area contributed by atoms with Crippen LogP contribution >= 0.6 is 0 Å². The van der Waals surface area contributed by atoms with Crippen molar-refractivity contribution in [1.29, 1.82) is 0 Å². The number of hydrogen-bond acceptors (Lipinski definition) is 7. The van der Waals surface area contributed by atoms with E-state index < -0.39 is 52.9 Å². The van der Waals surface area contributed by atoms with Crippen LogP contribution in [0.2, 0.25) is 58.9 Å². The number of rotatable bonds is 7. The van der Waals surface area contributed by atoms with Gasteiger partial charge in [0.15, 0.2) is 25.0 Å². The molecule has 5 rings (SSSR count). The first-order valence-corrected chi connectivity index (χ1v) is 24.9. The molecule has 220 valence electrons. The Kier molecular flexibility index (Phi) is 6.57. The number of carbonyl (C=O) groups is 2. The van der Waals surface area contributed by atoms with E-state index >= 15 is 0 Å². The number of fused-ring (bicyclic) bond motifs is 1. The van der Waals surface area contributed by atoms with Gasteiger partial charge in [0.2, 0.25) is 0 Å². The van der Waals surface area contributed by atoms with Crippen LogP contribution in [0.25, 0.3) is 0 Å². The highest BCUT2D eigenvalue weighted by atomic mass is 28.4. The third kappa shape index (κ3) is 4.17. The molecule has 0 N–H and O–H groups in total. The monoisotopic (exact) mass is 594 g/mol. The molecule has 1 spiro atoms. The molecule has 7 nitrogen and oxygen atoms in total. The topological polar surface area (TPSA) is 80.3 Å². The fraction of sp³-hybridized carbons (Fsp3) is 0.862. The van der Waals surface area contributed by atoms with E-state index in [1.165, 1.54) is 7.11 Å². The van der Waals surface area contributed by atoms with Gasteiger partial charge in [-0.05, 0) is 103 Å². The van der Waals surface area contributed by atoms with Gasteiger partial charge in [-0.1, -0.05) is 6.58 Å². The van der Waals surface area contributed by atoms with Crippen LogP contribution in [-0.2, 0) is 32.3 Å². The van der Waals surface area contributed by atoms with E-state index in [9.17, 15) is 9.59 Å². The molecule has 9 atom stereocenters. The van der Waals surface area contributed by atoms with Gasteiger partial charge in [-0.3, -0.25) is 9.59 Å². The average Bonchev–Trinajstić information content (AvgIpc) is 3.20. The molecule has 0 amide bonds. The molecule has 0 aromatic rings. The molecule has 0 aromatic carbocycles. The summed E-state index contributed by atoms with van der Waals surface area (Å²) in [5, 5.41) is 0. The summed E-state index contributed by atoms with van der Waals surface area (Å²) >= 11 is 0. The second-order valence-electron chi connectivity index (χ2n) is 16.2. The summed E-state index contributed by atoms with van der Waals surface area (Å²) in [6.45, 7) is 26.2. The lowest BCUT2D eigenvalue weighted by molar-refractivity contribution is -0.176. The van der Waals surface area contributed by atoms with Gasteiger partial charge in [0.05, 0.1) is 36.3 Å². The predicted octanol–water partition coefficient (Wildman–Crippen LogP) is 5.89. The van der Waals surface area contributed by atoms with Crippen molar-refractivity contribution in [2.45, 2.75) is 121 Å². The number of methoxy groups -OCH3 is 1. The van der Waals surface area contributed by atoms with Crippen molar-refractivity contribution in [3.8, 4) is 0 Å². The van der Waals surface area contributed by atoms with Crippen LogP contribution in [0.3, 0.4) is 0 Å². The molecule has 3 unspecified atom stereocenters. The average molecular weight is 595 g/mol. The van der Waals surface area contributed by atoms with Gasteiger partial charge in [0, 0.05) is 18.3 Å². The van der Waals surface area contributed by atoms with E-state index in [0.717, 1.165) is 24.8 Å². The van der Waals surface area contributed by atoms with Crippen LogP contribution in [-0.4, -0.2) is 67.4 Å². The Balaban J connectivity index is 1.73. The zero-order valence-corrected chi connectivity index (χ0v) is 29.0. The van der Waals surface area contributed by atoms with Crippen molar-refractivity contribution >= 4 is 36.9 Å². The lowest BCUT2D eigenvalue weighted by Gasteiger charge is -2.53. The van der Waals surface area contributed by atoms with Gasteiger partial charge in [-0.2, -0.15) is 0 Å². The molecule has 1 heterocycles. The predicted molar refractivity (Wildman–Crippen MR) is 158 cm³/mol. The Bertz CT molecular complexity index is 1090. The molecule has 4 aliphatic carbocycles. The van der Waals surface area contributed by atoms with Crippen LogP contribution in [0.15, 0.2) is 12.2 Å². The molecule has 0 radical (unpaired) electrons. The number of esters is 2. The molecule has 39 heavy (non-hydrogen) atoms. The number of ether oxygens (including phenoxy) is 2. The first-order valence-electron chi connectivity index (χ1n) is 14.7. The summed E-state index contributed by atoms with van der Waals surface area (Å²) in [5.41, 5.74) is -1.66. The van der Waals surface area contributed by atoms with Crippen molar-refractivity contribution in [3.63, 3.8) is 0 Å². The van der Waals surface area contributed by atoms with Gasteiger partial charge in [-0.15, -0.1) is 0 Å². The van der Waals surface area contributed by atoms with E-state index in [2.05, 4.69) is 65.5 Å². The molecule has 10 heteroatoms. The molecule has 4 saturated carbocycles. The molecule has 5 fully saturated rings. The van der Waals surface area contributed by atoms with E-state index in [1.807, 2.05) is 6.92 Å². The second kappa shape index (κ2) is 8.63. The summed E-state index contributed by atoms with van der Waals surface area (Å²) in [4.78, 5) is 28.2. The standard InChI is InChI=1S/C29H50O7Si3/c1-18-16-27-17-28(18,36-39(10,11)12)14-13-19(27)29-21(35-38(7,8)9)15-20(34-37(4,5)6)26(2,25(31)33-29)23(29)22(27)24(30)32-3/h19-23H,1,13-17H2,2-12H3/t19?,20-,21-,22+,23?,26?,27-,28-,29-/m0/s1. The van der Waals surface area contributed by atoms with E-state index in [4.69, 9.17) is 22.8 Å². The third-order valence-corrected chi connectivity index (χ3v) is 13.2. The Hall–Kier alpha value is -0.789. The lowest BCUT2D eigenvalue weighted by atomic mass is 9.58. The normalized spacial score (nSPS) is 45.2. The van der Waals surface area contributed by atoms with E-state index in [1.54, 1.807) is 0 Å². The van der Waals surface area contributed by atoms with Gasteiger partial charge < -0.3 is 22.8 Å². The molecule has 1 saturated heterocycles. The van der Waals surface area contributed by atoms with E-state index in [-0.39, 0.29) is 36.0 Å². The Morgan fingerprint density at radius 1 is 0.974 bits per heavy atom. The second-order valence-corrected chi connectivity index (χ2v) is 29.5. The van der Waals surface area contributed by atoms with Gasteiger partial charge in [0.25, 0.3) is 0 Å². The van der Waals surface area contributed by atoms with Crippen molar-refractivity contribution < 1.29 is 32.3 Å². The van der Waals surface area contributed by atoms with Crippen molar-refractivity contribution in [2.75, 3.05) is 7.11 Å². The smallest absolute Gasteiger partial charge is 0.315 e. The molecule has 0 aromatic heterocycles. The Labute approximate surface area is 238 Å². The summed E-state index contributed by atoms with van der Waals surface area (Å²) in [6, 6.07) is 0. The van der Waals surface area contributed by atoms with E-state index in [0.29, 0.717) is 12.8 Å². The largest absolute Gasteiger partial charge is 0.469 e. The summed E-state index contributed by atoms with van der Waals surface area (Å²) in [5.74, 6) is -1.44. The zero-order valence-electron chi connectivity index (χ0n) is 26.0. The maximum Gasteiger partial charge on any atom is 0.315 e. The Morgan fingerprint density at radius 3 is 2.10 bits per heavy atom. The molecular weight excluding hydrogens is 545 g/mol. The fourth-order valence-electron chi connectivity index (χ4n) is 9.57. The highest BCUT2D eigenvalue weighted by Crippen LogP contribution is 2.79.